The highest BCUT2D eigenvalue weighted by molar-refractivity contribution is 14.1. The normalized spacial score (nSPS) is 23.5. The molecule has 1 amide bonds. The van der Waals surface area contributed by atoms with Crippen LogP contribution in [0.4, 0.5) is 17.1 Å². The smallest absolute Gasteiger partial charge is 0.357 e. The average Bonchev–Trinajstić information content (AvgIpc) is 3.18. The minimum absolute atomic E-state index is 0.000687. The first kappa shape index (κ1) is 19.0. The van der Waals surface area contributed by atoms with Crippen LogP contribution in [0.5, 0.6) is 5.75 Å². The van der Waals surface area contributed by atoms with E-state index in [1.165, 1.54) is 6.07 Å². The number of nitrogens with zero attached hydrogens (tertiary/aromatic N) is 2. The van der Waals surface area contributed by atoms with Crippen LogP contribution < -0.4 is 14.8 Å². The van der Waals surface area contributed by atoms with E-state index in [9.17, 15) is 14.9 Å². The molecule has 2 aliphatic heterocycles. The Morgan fingerprint density at radius 3 is 2.40 bits per heavy atom. The molecule has 1 saturated heterocycles. The van der Waals surface area contributed by atoms with Gasteiger partial charge in [0.2, 0.25) is 0 Å². The lowest BCUT2D eigenvalue weighted by atomic mass is 9.83. The number of nitro groups is 1. The molecular formula is C22H17IN3O4+. The maximum absolute atomic E-state index is 13.4. The molecule has 2 aliphatic rings. The van der Waals surface area contributed by atoms with Crippen LogP contribution in [-0.4, -0.2) is 17.9 Å². The maximum atomic E-state index is 13.4. The first-order valence-corrected chi connectivity index (χ1v) is 10.4. The van der Waals surface area contributed by atoms with Crippen LogP contribution >= 0.6 is 22.6 Å². The molecule has 5 rings (SSSR count). The van der Waals surface area contributed by atoms with Crippen molar-refractivity contribution in [3.63, 3.8) is 0 Å². The van der Waals surface area contributed by atoms with Gasteiger partial charge in [-0.2, -0.15) is 0 Å². The van der Waals surface area contributed by atoms with Crippen LogP contribution in [-0.2, 0) is 4.79 Å². The van der Waals surface area contributed by atoms with Crippen LogP contribution in [0.15, 0.2) is 66.7 Å². The monoisotopic (exact) mass is 514 g/mol. The lowest BCUT2D eigenvalue weighted by molar-refractivity contribution is -0.384. The molecule has 1 fully saturated rings. The van der Waals surface area contributed by atoms with Crippen molar-refractivity contribution in [3.05, 3.63) is 91.5 Å². The summed E-state index contributed by atoms with van der Waals surface area (Å²) in [5, 5.41) is 11.3. The molecule has 2 heterocycles. The fourth-order valence-electron chi connectivity index (χ4n) is 4.56. The standard InChI is InChI=1S/C22H17IN3O4/c1-30-17-9-6-15(7-10-17)24-26-19-11-8-16(25(28)29)12-18(19)20(22(26)27)21(26)13-2-4-14(23)5-3-13/h2-12,20-21,24H,1H3/q+1. The van der Waals surface area contributed by atoms with Crippen molar-refractivity contribution in [3.8, 4) is 5.75 Å². The SMILES string of the molecule is COc1ccc(N[N+]23C(=O)C(c4cc([N+](=O)[O-])ccc42)C3c2ccc(I)cc2)cc1. The maximum Gasteiger partial charge on any atom is 0.357 e. The number of hydrogen-bond acceptors (Lipinski definition) is 5. The van der Waals surface area contributed by atoms with Crippen LogP contribution in [0.1, 0.15) is 23.1 Å². The van der Waals surface area contributed by atoms with E-state index in [1.54, 1.807) is 19.2 Å². The third kappa shape index (κ3) is 2.56. The van der Waals surface area contributed by atoms with Crippen molar-refractivity contribution in [1.82, 2.24) is 4.59 Å². The van der Waals surface area contributed by atoms with Crippen LogP contribution in [0.2, 0.25) is 0 Å². The first-order chi connectivity index (χ1) is 14.5. The zero-order chi connectivity index (χ0) is 21.0. The molecule has 2 bridgehead atoms. The molecule has 3 unspecified atom stereocenters. The molecule has 3 aromatic carbocycles. The van der Waals surface area contributed by atoms with Gasteiger partial charge in [-0.15, -0.1) is 4.59 Å². The van der Waals surface area contributed by atoms with Gasteiger partial charge >= 0.3 is 5.91 Å². The Morgan fingerprint density at radius 1 is 1.07 bits per heavy atom. The van der Waals surface area contributed by atoms with Gasteiger partial charge in [0.15, 0.2) is 17.6 Å². The molecular weight excluding hydrogens is 497 g/mol. The van der Waals surface area contributed by atoms with Gasteiger partial charge in [-0.05, 0) is 59.0 Å². The number of quaternary nitrogens is 1. The van der Waals surface area contributed by atoms with Crippen molar-refractivity contribution in [2.24, 2.45) is 0 Å². The number of methoxy groups -OCH3 is 1. The second-order valence-corrected chi connectivity index (χ2v) is 8.62. The van der Waals surface area contributed by atoms with Gasteiger partial charge in [-0.25, -0.2) is 10.2 Å². The van der Waals surface area contributed by atoms with Crippen LogP contribution in [0.3, 0.4) is 0 Å². The van der Waals surface area contributed by atoms with Gasteiger partial charge in [0, 0.05) is 32.9 Å². The van der Waals surface area contributed by atoms with E-state index in [2.05, 4.69) is 28.0 Å². The number of carbonyl (C=O) groups excluding carboxylic acids is 1. The van der Waals surface area contributed by atoms with E-state index >= 15 is 0 Å². The highest BCUT2D eigenvalue weighted by Crippen LogP contribution is 2.64. The number of β-lactam (4-membered cyclic amide) rings is 1. The number of ether oxygens (including phenoxy) is 1. The summed E-state index contributed by atoms with van der Waals surface area (Å²) in [4.78, 5) is 24.3. The van der Waals surface area contributed by atoms with E-state index < -0.39 is 10.8 Å². The van der Waals surface area contributed by atoms with Gasteiger partial charge in [0.25, 0.3) is 5.69 Å². The number of non-ortho nitro benzene ring substituents is 1. The Hall–Kier alpha value is -2.98. The van der Waals surface area contributed by atoms with E-state index in [4.69, 9.17) is 4.74 Å². The minimum Gasteiger partial charge on any atom is -0.497 e. The molecule has 0 aromatic heterocycles. The van der Waals surface area contributed by atoms with Crippen molar-refractivity contribution in [2.45, 2.75) is 12.0 Å². The number of carbonyl (C=O) groups is 1. The highest BCUT2D eigenvalue weighted by atomic mass is 127. The highest BCUT2D eigenvalue weighted by Gasteiger charge is 2.75. The molecule has 150 valence electrons. The van der Waals surface area contributed by atoms with Crippen molar-refractivity contribution in [1.29, 1.82) is 0 Å². The summed E-state index contributed by atoms with van der Waals surface area (Å²) in [6.07, 6.45) is 0. The van der Waals surface area contributed by atoms with Crippen LogP contribution in [0, 0.1) is 13.7 Å². The zero-order valence-corrected chi connectivity index (χ0v) is 18.1. The molecule has 3 aromatic rings. The second-order valence-electron chi connectivity index (χ2n) is 7.38. The lowest BCUT2D eigenvalue weighted by Gasteiger charge is -2.45. The number of fused-ring (bicyclic) bond motifs is 5. The number of benzene rings is 3. The summed E-state index contributed by atoms with van der Waals surface area (Å²) in [5.74, 6) is 0.301. The topological polar surface area (TPSA) is 81.5 Å². The van der Waals surface area contributed by atoms with Gasteiger partial charge in [0.1, 0.15) is 5.75 Å². The largest absolute Gasteiger partial charge is 0.497 e. The molecule has 1 N–H and O–H groups in total. The number of rotatable bonds is 5. The van der Waals surface area contributed by atoms with Gasteiger partial charge < -0.3 is 4.74 Å². The summed E-state index contributed by atoms with van der Waals surface area (Å²) < 4.78 is 6.25. The minimum atomic E-state index is -0.420. The number of halogens is 1. The number of nitro benzene ring substituents is 1. The summed E-state index contributed by atoms with van der Waals surface area (Å²) in [7, 11) is 1.60. The summed E-state index contributed by atoms with van der Waals surface area (Å²) >= 11 is 2.25. The molecule has 3 atom stereocenters. The average molecular weight is 514 g/mol. The second kappa shape index (κ2) is 6.78. The third-order valence-electron chi connectivity index (χ3n) is 5.89. The fourth-order valence-corrected chi connectivity index (χ4v) is 4.92. The summed E-state index contributed by atoms with van der Waals surface area (Å²) in [5.41, 5.74) is 6.67. The summed E-state index contributed by atoms with van der Waals surface area (Å²) in [6.45, 7) is 0. The molecule has 0 spiro atoms. The predicted molar refractivity (Wildman–Crippen MR) is 121 cm³/mol. The zero-order valence-electron chi connectivity index (χ0n) is 15.9. The van der Waals surface area contributed by atoms with Gasteiger partial charge in [-0.1, -0.05) is 12.1 Å². The van der Waals surface area contributed by atoms with E-state index in [0.29, 0.717) is 0 Å². The molecule has 0 saturated carbocycles. The Kier molecular flexibility index (Phi) is 4.30. The lowest BCUT2D eigenvalue weighted by Crippen LogP contribution is -2.68. The van der Waals surface area contributed by atoms with Gasteiger partial charge in [0.05, 0.1) is 17.7 Å². The molecule has 0 aliphatic carbocycles. The molecule has 30 heavy (non-hydrogen) atoms. The number of anilines is 1. The quantitative estimate of drug-likeness (QED) is 0.172. The Balaban J connectivity index is 1.64. The predicted octanol–water partition coefficient (Wildman–Crippen LogP) is 4.92. The molecule has 7 nitrogen and oxygen atoms in total. The molecule has 8 heteroatoms. The van der Waals surface area contributed by atoms with Gasteiger partial charge in [-0.3, -0.25) is 10.1 Å². The van der Waals surface area contributed by atoms with Crippen molar-refractivity contribution < 1.29 is 14.5 Å². The Morgan fingerprint density at radius 2 is 1.77 bits per heavy atom. The van der Waals surface area contributed by atoms with E-state index in [0.717, 1.165) is 31.8 Å². The summed E-state index contributed by atoms with van der Waals surface area (Å²) in [6, 6.07) is 20.0. The Labute approximate surface area is 186 Å². The van der Waals surface area contributed by atoms with Crippen molar-refractivity contribution >= 4 is 45.6 Å². The third-order valence-corrected chi connectivity index (χ3v) is 6.61. The number of amides is 1. The van der Waals surface area contributed by atoms with E-state index in [-0.39, 0.29) is 22.2 Å². The number of nitrogens with one attached hydrogen (secondary N) is 1. The fraction of sp³-hybridized carbons (Fsp3) is 0.136. The Bertz CT molecular complexity index is 1180. The van der Waals surface area contributed by atoms with Crippen molar-refractivity contribution in [2.75, 3.05) is 12.5 Å². The number of hydrogen-bond donors (Lipinski definition) is 1. The van der Waals surface area contributed by atoms with E-state index in [1.807, 2.05) is 48.5 Å². The van der Waals surface area contributed by atoms with Crippen LogP contribution in [0.25, 0.3) is 0 Å². The molecule has 0 radical (unpaired) electrons. The first-order valence-electron chi connectivity index (χ1n) is 9.35.